The van der Waals surface area contributed by atoms with Crippen LogP contribution in [0.4, 0.5) is 5.69 Å². The molecular formula is C20H21N3O5S. The third kappa shape index (κ3) is 4.20. The van der Waals surface area contributed by atoms with Crippen molar-refractivity contribution in [2.45, 2.75) is 26.3 Å². The molecule has 152 valence electrons. The molecule has 1 atom stereocenters. The predicted molar refractivity (Wildman–Crippen MR) is 111 cm³/mol. The summed E-state index contributed by atoms with van der Waals surface area (Å²) in [6.45, 7) is 3.83. The van der Waals surface area contributed by atoms with E-state index in [0.29, 0.717) is 29.4 Å². The maximum Gasteiger partial charge on any atom is 0.337 e. The number of carbonyl (C=O) groups is 2. The van der Waals surface area contributed by atoms with Crippen molar-refractivity contribution in [3.05, 3.63) is 57.0 Å². The van der Waals surface area contributed by atoms with Gasteiger partial charge in [0.15, 0.2) is 0 Å². The van der Waals surface area contributed by atoms with E-state index in [0.717, 1.165) is 16.9 Å². The standard InChI is InChI=1S/C20H21N3O5S/c1-11-4-6-13(7-5-11)21-17(24)12(2)23-15(8-9-28-3)22-18-16(19(23)25)14(10-29-18)20(26)27/h4-7,10,12H,8-9H2,1-3H3,(H,21,24)(H,26,27). The minimum Gasteiger partial charge on any atom is -0.478 e. The Bertz CT molecular complexity index is 1120. The van der Waals surface area contributed by atoms with Crippen molar-refractivity contribution in [3.8, 4) is 0 Å². The molecule has 9 heteroatoms. The molecule has 2 N–H and O–H groups in total. The van der Waals surface area contributed by atoms with Crippen molar-refractivity contribution in [2.75, 3.05) is 19.0 Å². The van der Waals surface area contributed by atoms with E-state index in [2.05, 4.69) is 10.3 Å². The second-order valence-electron chi connectivity index (χ2n) is 6.61. The lowest BCUT2D eigenvalue weighted by Crippen LogP contribution is -2.35. The number of carboxylic acids is 1. The number of benzene rings is 1. The number of hydrogen-bond donors (Lipinski definition) is 2. The van der Waals surface area contributed by atoms with Crippen LogP contribution in [0.25, 0.3) is 10.2 Å². The lowest BCUT2D eigenvalue weighted by atomic mass is 10.2. The van der Waals surface area contributed by atoms with Crippen LogP contribution in [0.2, 0.25) is 0 Å². The molecule has 1 aromatic carbocycles. The van der Waals surface area contributed by atoms with E-state index in [4.69, 9.17) is 4.74 Å². The van der Waals surface area contributed by atoms with Gasteiger partial charge in [-0.05, 0) is 26.0 Å². The summed E-state index contributed by atoms with van der Waals surface area (Å²) in [5.74, 6) is -1.24. The van der Waals surface area contributed by atoms with Gasteiger partial charge in [0.1, 0.15) is 16.7 Å². The minimum absolute atomic E-state index is 0.0126. The van der Waals surface area contributed by atoms with Crippen molar-refractivity contribution < 1.29 is 19.4 Å². The summed E-state index contributed by atoms with van der Waals surface area (Å²) in [5.41, 5.74) is 1.00. The van der Waals surface area contributed by atoms with Crippen LogP contribution in [0.3, 0.4) is 0 Å². The van der Waals surface area contributed by atoms with Gasteiger partial charge in [-0.25, -0.2) is 9.78 Å². The Kier molecular flexibility index (Phi) is 6.09. The lowest BCUT2D eigenvalue weighted by Gasteiger charge is -2.19. The number of carbonyl (C=O) groups excluding carboxylic acids is 1. The first kappa shape index (κ1) is 20.7. The monoisotopic (exact) mass is 415 g/mol. The fourth-order valence-corrected chi connectivity index (χ4v) is 3.89. The van der Waals surface area contributed by atoms with Crippen LogP contribution in [0.15, 0.2) is 34.4 Å². The quantitative estimate of drug-likeness (QED) is 0.614. The predicted octanol–water partition coefficient (Wildman–Crippen LogP) is 2.85. The fraction of sp³-hybridized carbons (Fsp3) is 0.300. The average Bonchev–Trinajstić information content (AvgIpc) is 3.12. The number of methoxy groups -OCH3 is 1. The van der Waals surface area contributed by atoms with Crippen molar-refractivity contribution in [1.29, 1.82) is 0 Å². The molecule has 0 spiro atoms. The third-order valence-electron chi connectivity index (χ3n) is 4.56. The van der Waals surface area contributed by atoms with Crippen LogP contribution in [0, 0.1) is 6.92 Å². The van der Waals surface area contributed by atoms with Gasteiger partial charge in [-0.1, -0.05) is 17.7 Å². The second-order valence-corrected chi connectivity index (χ2v) is 7.47. The van der Waals surface area contributed by atoms with Crippen molar-refractivity contribution in [2.24, 2.45) is 0 Å². The first-order valence-corrected chi connectivity index (χ1v) is 9.83. The number of nitrogens with one attached hydrogen (secondary N) is 1. The summed E-state index contributed by atoms with van der Waals surface area (Å²) < 4.78 is 6.35. The topological polar surface area (TPSA) is 111 Å². The minimum atomic E-state index is -1.21. The average molecular weight is 415 g/mol. The van der Waals surface area contributed by atoms with Crippen LogP contribution in [0.5, 0.6) is 0 Å². The highest BCUT2D eigenvalue weighted by molar-refractivity contribution is 7.17. The number of rotatable bonds is 7. The van der Waals surface area contributed by atoms with Crippen molar-refractivity contribution in [1.82, 2.24) is 9.55 Å². The molecule has 29 heavy (non-hydrogen) atoms. The van der Waals surface area contributed by atoms with E-state index >= 15 is 0 Å². The van der Waals surface area contributed by atoms with E-state index < -0.39 is 23.5 Å². The van der Waals surface area contributed by atoms with E-state index in [1.807, 2.05) is 19.1 Å². The number of amides is 1. The molecule has 1 amide bonds. The van der Waals surface area contributed by atoms with E-state index in [1.165, 1.54) is 17.1 Å². The fourth-order valence-electron chi connectivity index (χ4n) is 2.97. The summed E-state index contributed by atoms with van der Waals surface area (Å²) in [6, 6.07) is 6.40. The smallest absolute Gasteiger partial charge is 0.337 e. The molecule has 0 radical (unpaired) electrons. The molecular weight excluding hydrogens is 394 g/mol. The highest BCUT2D eigenvalue weighted by Crippen LogP contribution is 2.23. The molecule has 0 fully saturated rings. The number of aromatic nitrogens is 2. The number of aromatic carboxylic acids is 1. The van der Waals surface area contributed by atoms with Gasteiger partial charge in [0.05, 0.1) is 17.6 Å². The Morgan fingerprint density at radius 3 is 2.62 bits per heavy atom. The Balaban J connectivity index is 2.06. The second kappa shape index (κ2) is 8.54. The van der Waals surface area contributed by atoms with Gasteiger partial charge in [0, 0.05) is 24.6 Å². The van der Waals surface area contributed by atoms with Gasteiger partial charge in [-0.15, -0.1) is 11.3 Å². The highest BCUT2D eigenvalue weighted by atomic mass is 32.1. The molecule has 8 nitrogen and oxygen atoms in total. The zero-order valence-corrected chi connectivity index (χ0v) is 17.1. The maximum absolute atomic E-state index is 13.2. The number of fused-ring (bicyclic) bond motifs is 1. The van der Waals surface area contributed by atoms with E-state index in [9.17, 15) is 19.5 Å². The van der Waals surface area contributed by atoms with Crippen LogP contribution < -0.4 is 10.9 Å². The molecule has 0 aliphatic carbocycles. The molecule has 0 saturated carbocycles. The Labute approximate surface area is 170 Å². The van der Waals surface area contributed by atoms with Crippen LogP contribution in [-0.2, 0) is 16.0 Å². The van der Waals surface area contributed by atoms with Gasteiger partial charge in [-0.2, -0.15) is 0 Å². The molecule has 0 bridgehead atoms. The first-order chi connectivity index (χ1) is 13.8. The summed E-state index contributed by atoms with van der Waals surface area (Å²) in [5, 5.41) is 13.6. The zero-order valence-electron chi connectivity index (χ0n) is 16.3. The molecule has 2 heterocycles. The third-order valence-corrected chi connectivity index (χ3v) is 5.43. The Hall–Kier alpha value is -3.04. The largest absolute Gasteiger partial charge is 0.478 e. The van der Waals surface area contributed by atoms with Gasteiger partial charge < -0.3 is 15.2 Å². The van der Waals surface area contributed by atoms with Crippen LogP contribution in [0.1, 0.15) is 34.7 Å². The molecule has 2 aromatic heterocycles. The molecule has 0 saturated heterocycles. The number of anilines is 1. The molecule has 1 unspecified atom stereocenters. The normalized spacial score (nSPS) is 12.1. The summed E-state index contributed by atoms with van der Waals surface area (Å²) in [6.07, 6.45) is 0.310. The highest BCUT2D eigenvalue weighted by Gasteiger charge is 2.25. The summed E-state index contributed by atoms with van der Waals surface area (Å²) in [4.78, 5) is 42.3. The van der Waals surface area contributed by atoms with E-state index in [-0.39, 0.29) is 10.9 Å². The Morgan fingerprint density at radius 2 is 2.00 bits per heavy atom. The van der Waals surface area contributed by atoms with Gasteiger partial charge >= 0.3 is 5.97 Å². The van der Waals surface area contributed by atoms with Gasteiger partial charge in [-0.3, -0.25) is 14.2 Å². The first-order valence-electron chi connectivity index (χ1n) is 8.95. The SMILES string of the molecule is COCCc1nc2scc(C(=O)O)c2c(=O)n1C(C)C(=O)Nc1ccc(C)cc1. The Morgan fingerprint density at radius 1 is 1.31 bits per heavy atom. The number of ether oxygens (including phenoxy) is 1. The maximum atomic E-state index is 13.2. The molecule has 3 aromatic rings. The summed E-state index contributed by atoms with van der Waals surface area (Å²) in [7, 11) is 1.53. The number of nitrogens with zero attached hydrogens (tertiary/aromatic N) is 2. The summed E-state index contributed by atoms with van der Waals surface area (Å²) >= 11 is 1.09. The lowest BCUT2D eigenvalue weighted by molar-refractivity contribution is -0.119. The number of aryl methyl sites for hydroxylation is 1. The number of hydrogen-bond acceptors (Lipinski definition) is 6. The van der Waals surface area contributed by atoms with Crippen LogP contribution >= 0.6 is 11.3 Å². The van der Waals surface area contributed by atoms with E-state index in [1.54, 1.807) is 19.1 Å². The molecule has 3 rings (SSSR count). The molecule has 0 aliphatic heterocycles. The van der Waals surface area contributed by atoms with Crippen LogP contribution in [-0.4, -0.2) is 40.3 Å². The van der Waals surface area contributed by atoms with Crippen molar-refractivity contribution in [3.63, 3.8) is 0 Å². The molecule has 0 aliphatic rings. The zero-order chi connectivity index (χ0) is 21.1. The van der Waals surface area contributed by atoms with Crippen molar-refractivity contribution >= 4 is 39.1 Å². The van der Waals surface area contributed by atoms with Gasteiger partial charge in [0.25, 0.3) is 5.56 Å². The number of thiophene rings is 1. The van der Waals surface area contributed by atoms with Gasteiger partial charge in [0.2, 0.25) is 5.91 Å². The number of carboxylic acid groups (broad SMARTS) is 1.